The summed E-state index contributed by atoms with van der Waals surface area (Å²) in [6, 6.07) is 9.79. The molecule has 0 bridgehead atoms. The molecule has 23 heavy (non-hydrogen) atoms. The molecule has 1 aliphatic rings. The van der Waals surface area contributed by atoms with Crippen molar-refractivity contribution in [3.63, 3.8) is 0 Å². The van der Waals surface area contributed by atoms with E-state index in [0.29, 0.717) is 25.4 Å². The summed E-state index contributed by atoms with van der Waals surface area (Å²) in [5.41, 5.74) is 1.94. The number of hydrogen-bond donors (Lipinski definition) is 1. The number of hydrogen-bond acceptors (Lipinski definition) is 3. The second kappa shape index (κ2) is 8.54. The Morgan fingerprint density at radius 3 is 2.91 bits per heavy atom. The lowest BCUT2D eigenvalue weighted by Crippen LogP contribution is -2.40. The van der Waals surface area contributed by atoms with Crippen LogP contribution in [-0.2, 0) is 4.74 Å². The van der Waals surface area contributed by atoms with Gasteiger partial charge in [0, 0.05) is 25.4 Å². The Balaban J connectivity index is 2.06. The topological polar surface area (TPSA) is 65.4 Å². The molecule has 5 nitrogen and oxygen atoms in total. The minimum atomic E-state index is -0.163. The molecule has 2 rings (SSSR count). The number of anilines is 1. The quantitative estimate of drug-likeness (QED) is 0.869. The molecule has 124 valence electrons. The first-order valence-electron chi connectivity index (χ1n) is 8.25. The van der Waals surface area contributed by atoms with E-state index in [4.69, 9.17) is 10.00 Å². The zero-order valence-corrected chi connectivity index (χ0v) is 13.9. The lowest BCUT2D eigenvalue weighted by molar-refractivity contribution is 0.0841. The number of nitrogens with zero attached hydrogens (tertiary/aromatic N) is 2. The van der Waals surface area contributed by atoms with Gasteiger partial charge in [0.1, 0.15) is 0 Å². The van der Waals surface area contributed by atoms with Crippen LogP contribution >= 0.6 is 0 Å². The number of ether oxygens (including phenoxy) is 1. The Bertz CT molecular complexity index is 560. The third-order valence-corrected chi connectivity index (χ3v) is 4.05. The largest absolute Gasteiger partial charge is 0.376 e. The van der Waals surface area contributed by atoms with Crippen LogP contribution in [0.25, 0.3) is 0 Å². The monoisotopic (exact) mass is 315 g/mol. The molecule has 1 atom stereocenters. The number of amides is 2. The highest BCUT2D eigenvalue weighted by Gasteiger charge is 2.23. The Kier molecular flexibility index (Phi) is 6.42. The molecule has 1 aliphatic heterocycles. The minimum Gasteiger partial charge on any atom is -0.376 e. The number of nitrogens with one attached hydrogen (secondary N) is 1. The maximum Gasteiger partial charge on any atom is 0.321 e. The molecule has 5 heteroatoms. The Labute approximate surface area is 138 Å². The van der Waals surface area contributed by atoms with Crippen molar-refractivity contribution in [1.82, 2.24) is 4.90 Å². The fourth-order valence-corrected chi connectivity index (χ4v) is 2.80. The highest BCUT2D eigenvalue weighted by atomic mass is 16.5. The van der Waals surface area contributed by atoms with Gasteiger partial charge in [0.15, 0.2) is 0 Å². The highest BCUT2D eigenvalue weighted by Crippen LogP contribution is 2.24. The van der Waals surface area contributed by atoms with Crippen molar-refractivity contribution in [3.05, 3.63) is 29.8 Å². The van der Waals surface area contributed by atoms with E-state index in [1.807, 2.05) is 24.3 Å². The molecule has 0 aromatic heterocycles. The van der Waals surface area contributed by atoms with Crippen LogP contribution in [0.15, 0.2) is 24.3 Å². The molecule has 1 unspecified atom stereocenters. The second-order valence-electron chi connectivity index (χ2n) is 6.16. The highest BCUT2D eigenvalue weighted by molar-refractivity contribution is 5.90. The summed E-state index contributed by atoms with van der Waals surface area (Å²) in [7, 11) is 0. The first-order valence-corrected chi connectivity index (χ1v) is 8.25. The van der Waals surface area contributed by atoms with E-state index in [1.165, 1.54) is 0 Å². The van der Waals surface area contributed by atoms with Crippen LogP contribution in [0.3, 0.4) is 0 Å². The third-order valence-electron chi connectivity index (χ3n) is 4.05. The van der Waals surface area contributed by atoms with E-state index in [9.17, 15) is 4.79 Å². The third kappa shape index (κ3) is 4.97. The fraction of sp³-hybridized carbons (Fsp3) is 0.556. The second-order valence-corrected chi connectivity index (χ2v) is 6.16. The zero-order chi connectivity index (χ0) is 16.7. The van der Waals surface area contributed by atoms with Gasteiger partial charge in [0.05, 0.1) is 18.6 Å². The number of para-hydroxylation sites is 1. The van der Waals surface area contributed by atoms with Gasteiger partial charge < -0.3 is 15.0 Å². The minimum absolute atomic E-state index is 0.0831. The molecule has 1 fully saturated rings. The molecular weight excluding hydrogens is 290 g/mol. The average molecular weight is 315 g/mol. The predicted molar refractivity (Wildman–Crippen MR) is 90.3 cm³/mol. The van der Waals surface area contributed by atoms with Crippen LogP contribution in [0.1, 0.15) is 44.6 Å². The van der Waals surface area contributed by atoms with Crippen LogP contribution in [0.2, 0.25) is 0 Å². The van der Waals surface area contributed by atoms with Crippen molar-refractivity contribution in [2.75, 3.05) is 25.0 Å². The SMILES string of the molecule is CC(C)c1ccccc1NC(=O)N(CCC#N)CC1CCCO1. The number of nitriles is 1. The van der Waals surface area contributed by atoms with Crippen LogP contribution in [0, 0.1) is 11.3 Å². The van der Waals surface area contributed by atoms with Gasteiger partial charge in [-0.25, -0.2) is 4.79 Å². The van der Waals surface area contributed by atoms with E-state index in [0.717, 1.165) is 30.7 Å². The molecule has 1 aromatic carbocycles. The van der Waals surface area contributed by atoms with Crippen molar-refractivity contribution in [2.45, 2.75) is 45.1 Å². The number of benzene rings is 1. The van der Waals surface area contributed by atoms with Crippen molar-refractivity contribution < 1.29 is 9.53 Å². The summed E-state index contributed by atoms with van der Waals surface area (Å²) in [5.74, 6) is 0.331. The summed E-state index contributed by atoms with van der Waals surface area (Å²) in [4.78, 5) is 14.3. The molecule has 1 saturated heterocycles. The molecule has 0 radical (unpaired) electrons. The molecule has 0 aliphatic carbocycles. The van der Waals surface area contributed by atoms with Gasteiger partial charge in [-0.05, 0) is 30.4 Å². The number of carbonyl (C=O) groups excluding carboxylic acids is 1. The van der Waals surface area contributed by atoms with Crippen LogP contribution in [0.4, 0.5) is 10.5 Å². The van der Waals surface area contributed by atoms with Gasteiger partial charge >= 0.3 is 6.03 Å². The molecule has 2 amide bonds. The van der Waals surface area contributed by atoms with Gasteiger partial charge in [-0.3, -0.25) is 0 Å². The van der Waals surface area contributed by atoms with E-state index in [-0.39, 0.29) is 12.1 Å². The van der Waals surface area contributed by atoms with Crippen molar-refractivity contribution in [2.24, 2.45) is 0 Å². The summed E-state index contributed by atoms with van der Waals surface area (Å²) in [6.07, 6.45) is 2.42. The van der Waals surface area contributed by atoms with Crippen molar-refractivity contribution >= 4 is 11.7 Å². The maximum atomic E-state index is 12.6. The van der Waals surface area contributed by atoms with Gasteiger partial charge in [0.25, 0.3) is 0 Å². The van der Waals surface area contributed by atoms with Crippen molar-refractivity contribution in [1.29, 1.82) is 5.26 Å². The lowest BCUT2D eigenvalue weighted by atomic mass is 10.0. The molecule has 1 aromatic rings. The Morgan fingerprint density at radius 1 is 1.48 bits per heavy atom. The summed E-state index contributed by atoms with van der Waals surface area (Å²) >= 11 is 0. The number of carbonyl (C=O) groups is 1. The van der Waals surface area contributed by atoms with Crippen molar-refractivity contribution in [3.8, 4) is 6.07 Å². The average Bonchev–Trinajstić information content (AvgIpc) is 3.04. The van der Waals surface area contributed by atoms with Crippen LogP contribution in [-0.4, -0.2) is 36.7 Å². The smallest absolute Gasteiger partial charge is 0.321 e. The summed E-state index contributed by atoms with van der Waals surface area (Å²) in [6.45, 7) is 5.92. The van der Waals surface area contributed by atoms with Gasteiger partial charge in [-0.15, -0.1) is 0 Å². The van der Waals surface area contributed by atoms with Gasteiger partial charge in [-0.2, -0.15) is 5.26 Å². The predicted octanol–water partition coefficient (Wildman–Crippen LogP) is 3.74. The molecule has 1 heterocycles. The zero-order valence-electron chi connectivity index (χ0n) is 13.9. The summed E-state index contributed by atoms with van der Waals surface area (Å²) < 4.78 is 5.62. The number of urea groups is 1. The standard InChI is InChI=1S/C18H25N3O2/c1-14(2)16-8-3-4-9-17(16)20-18(22)21(11-6-10-19)13-15-7-5-12-23-15/h3-4,8-9,14-15H,5-7,11-13H2,1-2H3,(H,20,22). The Morgan fingerprint density at radius 2 is 2.26 bits per heavy atom. The van der Waals surface area contributed by atoms with Crippen LogP contribution in [0.5, 0.6) is 0 Å². The normalized spacial score (nSPS) is 17.0. The van der Waals surface area contributed by atoms with E-state index < -0.39 is 0 Å². The molecule has 1 N–H and O–H groups in total. The molecular formula is C18H25N3O2. The summed E-state index contributed by atoms with van der Waals surface area (Å²) in [5, 5.41) is 11.8. The first-order chi connectivity index (χ1) is 11.1. The van der Waals surface area contributed by atoms with Crippen LogP contribution < -0.4 is 5.32 Å². The van der Waals surface area contributed by atoms with E-state index >= 15 is 0 Å². The van der Waals surface area contributed by atoms with Gasteiger partial charge in [-0.1, -0.05) is 32.0 Å². The molecule has 0 saturated carbocycles. The Hall–Kier alpha value is -2.06. The fourth-order valence-electron chi connectivity index (χ4n) is 2.80. The van der Waals surface area contributed by atoms with E-state index in [1.54, 1.807) is 4.90 Å². The maximum absolute atomic E-state index is 12.6. The van der Waals surface area contributed by atoms with E-state index in [2.05, 4.69) is 25.2 Å². The lowest BCUT2D eigenvalue weighted by Gasteiger charge is -2.25. The number of rotatable bonds is 6. The molecule has 0 spiro atoms. The first kappa shape index (κ1) is 17.3. The van der Waals surface area contributed by atoms with Gasteiger partial charge in [0.2, 0.25) is 0 Å².